The Morgan fingerprint density at radius 1 is 1.00 bits per heavy atom. The van der Waals surface area contributed by atoms with E-state index in [1.807, 2.05) is 30.3 Å². The van der Waals surface area contributed by atoms with Crippen LogP contribution in [0.15, 0.2) is 42.9 Å². The van der Waals surface area contributed by atoms with Gasteiger partial charge in [-0.25, -0.2) is 14.6 Å². The molecule has 0 unspecified atom stereocenters. The van der Waals surface area contributed by atoms with Gasteiger partial charge in [-0.3, -0.25) is 14.4 Å². The highest BCUT2D eigenvalue weighted by molar-refractivity contribution is 5.96. The van der Waals surface area contributed by atoms with Crippen LogP contribution in [0.3, 0.4) is 0 Å². The number of carbonyl (C=O) groups is 5. The van der Waals surface area contributed by atoms with Gasteiger partial charge >= 0.3 is 12.1 Å². The van der Waals surface area contributed by atoms with Gasteiger partial charge in [0.15, 0.2) is 0 Å². The maximum Gasteiger partial charge on any atom is 0.408 e. The molecular formula is C31H44N6O7. The first-order chi connectivity index (χ1) is 20.6. The van der Waals surface area contributed by atoms with Gasteiger partial charge in [0.05, 0.1) is 13.4 Å². The lowest BCUT2D eigenvalue weighted by molar-refractivity contribution is -0.146. The Bertz CT molecular complexity index is 1330. The van der Waals surface area contributed by atoms with Gasteiger partial charge in [-0.2, -0.15) is 0 Å². The summed E-state index contributed by atoms with van der Waals surface area (Å²) in [5, 5.41) is 8.11. The molecule has 2 heterocycles. The number of aromatic nitrogens is 2. The number of hydrogen-bond acceptors (Lipinski definition) is 8. The van der Waals surface area contributed by atoms with Gasteiger partial charge in [0.2, 0.25) is 17.7 Å². The molecule has 1 saturated heterocycles. The van der Waals surface area contributed by atoms with E-state index in [-0.39, 0.29) is 12.8 Å². The third-order valence-electron chi connectivity index (χ3n) is 7.23. The van der Waals surface area contributed by atoms with Crippen LogP contribution in [0.4, 0.5) is 4.79 Å². The Morgan fingerprint density at radius 3 is 2.27 bits per heavy atom. The zero-order valence-electron chi connectivity index (χ0n) is 26.5. The fraction of sp³-hybridized carbons (Fsp3) is 0.548. The van der Waals surface area contributed by atoms with E-state index in [0.29, 0.717) is 25.1 Å². The summed E-state index contributed by atoms with van der Waals surface area (Å²) in [6.07, 6.45) is 3.70. The Balaban J connectivity index is 1.73. The molecule has 1 fully saturated rings. The van der Waals surface area contributed by atoms with Gasteiger partial charge in [0.1, 0.15) is 29.3 Å². The predicted molar refractivity (Wildman–Crippen MR) is 161 cm³/mol. The van der Waals surface area contributed by atoms with Gasteiger partial charge in [-0.1, -0.05) is 30.3 Å². The summed E-state index contributed by atoms with van der Waals surface area (Å²) in [5.41, 5.74) is -0.681. The Kier molecular flexibility index (Phi) is 11.1. The minimum Gasteiger partial charge on any atom is -0.467 e. The van der Waals surface area contributed by atoms with Crippen molar-refractivity contribution in [3.05, 3.63) is 54.1 Å². The molecule has 1 aromatic heterocycles. The van der Waals surface area contributed by atoms with Crippen molar-refractivity contribution in [2.45, 2.75) is 89.6 Å². The average Bonchev–Trinajstić information content (AvgIpc) is 3.60. The van der Waals surface area contributed by atoms with E-state index < -0.39 is 59.0 Å². The minimum atomic E-state index is -1.43. The van der Waals surface area contributed by atoms with Gasteiger partial charge < -0.3 is 34.9 Å². The molecule has 0 radical (unpaired) electrons. The first-order valence-electron chi connectivity index (χ1n) is 14.6. The van der Waals surface area contributed by atoms with Crippen LogP contribution in [-0.4, -0.2) is 87.2 Å². The molecule has 13 nitrogen and oxygen atoms in total. The summed E-state index contributed by atoms with van der Waals surface area (Å²) in [4.78, 5) is 71.4. The van der Waals surface area contributed by atoms with Crippen LogP contribution in [0, 0.1) is 0 Å². The molecule has 1 aliphatic rings. The number of likely N-dealkylation sites (tertiary alicyclic amines) is 1. The van der Waals surface area contributed by atoms with Crippen LogP contribution in [0.5, 0.6) is 0 Å². The van der Waals surface area contributed by atoms with Crippen molar-refractivity contribution >= 4 is 29.8 Å². The van der Waals surface area contributed by atoms with E-state index >= 15 is 0 Å². The topological polar surface area (TPSA) is 161 Å². The molecule has 2 aromatic rings. The molecule has 3 rings (SSSR count). The zero-order valence-corrected chi connectivity index (χ0v) is 26.5. The molecular weight excluding hydrogens is 568 g/mol. The van der Waals surface area contributed by atoms with Gasteiger partial charge in [-0.05, 0) is 53.0 Å². The first kappa shape index (κ1) is 34.1. The second-order valence-corrected chi connectivity index (χ2v) is 12.4. The molecule has 0 spiro atoms. The molecule has 3 N–H and O–H groups in total. The molecule has 4 amide bonds. The monoisotopic (exact) mass is 612 g/mol. The van der Waals surface area contributed by atoms with Crippen LogP contribution in [0.2, 0.25) is 0 Å². The summed E-state index contributed by atoms with van der Waals surface area (Å²) >= 11 is 0. The molecule has 13 heteroatoms. The van der Waals surface area contributed by atoms with E-state index in [0.717, 1.165) is 5.56 Å². The number of rotatable bonds is 11. The van der Waals surface area contributed by atoms with Crippen molar-refractivity contribution in [2.75, 3.05) is 13.7 Å². The lowest BCUT2D eigenvalue weighted by Crippen LogP contribution is -2.61. The molecule has 0 saturated carbocycles. The third kappa shape index (κ3) is 9.29. The smallest absolute Gasteiger partial charge is 0.408 e. The van der Waals surface area contributed by atoms with E-state index in [4.69, 9.17) is 9.47 Å². The SMILES string of the molecule is COC(=O)[C@H](Cc1ccccc1)NC(=O)C(C)(C)NC(=O)[C@@H]1CCCN1C(=O)[C@H](Cc1cncn1C)NC(=O)OC(C)(C)C. The lowest BCUT2D eigenvalue weighted by Gasteiger charge is -2.32. The second-order valence-electron chi connectivity index (χ2n) is 12.4. The highest BCUT2D eigenvalue weighted by Gasteiger charge is 2.41. The van der Waals surface area contributed by atoms with Crippen molar-refractivity contribution in [1.29, 1.82) is 0 Å². The Hall–Kier alpha value is -4.42. The number of imidazole rings is 1. The quantitative estimate of drug-likeness (QED) is 0.323. The zero-order chi connectivity index (χ0) is 32.7. The predicted octanol–water partition coefficient (Wildman–Crippen LogP) is 1.64. The number of alkyl carbamates (subject to hydrolysis) is 1. The average molecular weight is 613 g/mol. The fourth-order valence-corrected chi connectivity index (χ4v) is 4.92. The van der Waals surface area contributed by atoms with Gasteiger partial charge in [0, 0.05) is 38.3 Å². The third-order valence-corrected chi connectivity index (χ3v) is 7.23. The number of benzene rings is 1. The maximum atomic E-state index is 13.8. The number of hydrogen-bond donors (Lipinski definition) is 3. The van der Waals surface area contributed by atoms with Crippen molar-refractivity contribution < 1.29 is 33.4 Å². The number of esters is 1. The number of carbonyl (C=O) groups excluding carboxylic acids is 5. The highest BCUT2D eigenvalue weighted by atomic mass is 16.6. The summed E-state index contributed by atoms with van der Waals surface area (Å²) in [7, 11) is 3.02. The molecule has 1 aliphatic heterocycles. The second kappa shape index (κ2) is 14.4. The van der Waals surface area contributed by atoms with Crippen molar-refractivity contribution in [2.24, 2.45) is 7.05 Å². The molecule has 44 heavy (non-hydrogen) atoms. The lowest BCUT2D eigenvalue weighted by atomic mass is 10.0. The molecule has 240 valence electrons. The van der Waals surface area contributed by atoms with E-state index in [1.54, 1.807) is 44.9 Å². The molecule has 0 aliphatic carbocycles. The van der Waals surface area contributed by atoms with Crippen LogP contribution in [0.25, 0.3) is 0 Å². The minimum absolute atomic E-state index is 0.129. The largest absolute Gasteiger partial charge is 0.467 e. The first-order valence-corrected chi connectivity index (χ1v) is 14.6. The van der Waals surface area contributed by atoms with Crippen molar-refractivity contribution in [3.63, 3.8) is 0 Å². The number of nitrogens with zero attached hydrogens (tertiary/aromatic N) is 3. The molecule has 0 bridgehead atoms. The van der Waals surface area contributed by atoms with Crippen LogP contribution < -0.4 is 16.0 Å². The number of amides is 4. The molecule has 3 atom stereocenters. The summed E-state index contributed by atoms with van der Waals surface area (Å²) in [6, 6.07) is 6.30. The van der Waals surface area contributed by atoms with Crippen molar-refractivity contribution in [1.82, 2.24) is 30.4 Å². The maximum absolute atomic E-state index is 13.8. The number of ether oxygens (including phenoxy) is 2. The summed E-state index contributed by atoms with van der Waals surface area (Å²) < 4.78 is 12.0. The Labute approximate surface area is 258 Å². The number of methoxy groups -OCH3 is 1. The summed E-state index contributed by atoms with van der Waals surface area (Å²) in [6.45, 7) is 8.50. The van der Waals surface area contributed by atoms with Crippen molar-refractivity contribution in [3.8, 4) is 0 Å². The summed E-state index contributed by atoms with van der Waals surface area (Å²) in [5.74, 6) is -2.18. The Morgan fingerprint density at radius 2 is 1.68 bits per heavy atom. The highest BCUT2D eigenvalue weighted by Crippen LogP contribution is 2.21. The van der Waals surface area contributed by atoms with Crippen LogP contribution in [-0.2, 0) is 48.5 Å². The number of nitrogens with one attached hydrogen (secondary N) is 3. The van der Waals surface area contributed by atoms with Gasteiger partial charge in [-0.15, -0.1) is 0 Å². The number of aryl methyl sites for hydroxylation is 1. The fourth-order valence-electron chi connectivity index (χ4n) is 4.92. The van der Waals surface area contributed by atoms with Crippen LogP contribution in [0.1, 0.15) is 58.7 Å². The van der Waals surface area contributed by atoms with E-state index in [2.05, 4.69) is 20.9 Å². The normalized spacial score (nSPS) is 16.4. The van der Waals surface area contributed by atoms with E-state index in [1.165, 1.54) is 25.9 Å². The molecule has 1 aromatic carbocycles. The van der Waals surface area contributed by atoms with Gasteiger partial charge in [0.25, 0.3) is 0 Å². The standard InChI is InChI=1S/C31H44N6O7/c1-30(2,3)44-29(42)34-22(17-21-18-32-19-36(21)6)26(39)37-15-11-14-24(37)25(38)35-31(4,5)28(41)33-23(27(40)43-7)16-20-12-9-8-10-13-20/h8-10,12-13,18-19,22-24H,11,14-17H2,1-7H3,(H,33,41)(H,34,42)(H,35,38)/t22-,23-,24-/m0/s1. The van der Waals surface area contributed by atoms with Crippen LogP contribution >= 0.6 is 0 Å². The van der Waals surface area contributed by atoms with E-state index in [9.17, 15) is 24.0 Å².